The zero-order valence-electron chi connectivity index (χ0n) is 5.86. The molecule has 0 aromatic heterocycles. The van der Waals surface area contributed by atoms with E-state index in [2.05, 4.69) is 28.9 Å². The molecule has 0 spiro atoms. The van der Waals surface area contributed by atoms with Gasteiger partial charge in [-0.1, -0.05) is 34.0 Å². The molecule has 0 saturated heterocycles. The highest BCUT2D eigenvalue weighted by molar-refractivity contribution is 9.09. The Morgan fingerprint density at radius 1 is 1.67 bits per heavy atom. The topological polar surface area (TPSA) is 0 Å². The van der Waals surface area contributed by atoms with E-state index in [0.29, 0.717) is 0 Å². The van der Waals surface area contributed by atoms with E-state index >= 15 is 0 Å². The van der Waals surface area contributed by atoms with Crippen LogP contribution in [0.15, 0.2) is 11.6 Å². The fourth-order valence-corrected chi connectivity index (χ4v) is 1.24. The van der Waals surface area contributed by atoms with Crippen molar-refractivity contribution in [2.24, 2.45) is 5.92 Å². The predicted octanol–water partition coefficient (Wildman–Crippen LogP) is 3.13. The van der Waals surface area contributed by atoms with Gasteiger partial charge < -0.3 is 0 Å². The number of allylic oxidation sites excluding steroid dienone is 2. The fraction of sp³-hybridized carbons (Fsp3) is 0.750. The van der Waals surface area contributed by atoms with Gasteiger partial charge in [0.05, 0.1) is 0 Å². The van der Waals surface area contributed by atoms with Crippen LogP contribution in [-0.2, 0) is 0 Å². The molecule has 1 aliphatic carbocycles. The van der Waals surface area contributed by atoms with Gasteiger partial charge in [0.25, 0.3) is 0 Å². The van der Waals surface area contributed by atoms with Crippen LogP contribution >= 0.6 is 15.9 Å². The van der Waals surface area contributed by atoms with Crippen molar-refractivity contribution in [1.82, 2.24) is 0 Å². The van der Waals surface area contributed by atoms with Gasteiger partial charge in [-0.3, -0.25) is 0 Å². The van der Waals surface area contributed by atoms with Crippen molar-refractivity contribution in [2.45, 2.75) is 26.2 Å². The van der Waals surface area contributed by atoms with E-state index in [4.69, 9.17) is 0 Å². The quantitative estimate of drug-likeness (QED) is 0.462. The summed E-state index contributed by atoms with van der Waals surface area (Å²) in [6.07, 6.45) is 6.68. The molecule has 1 fully saturated rings. The van der Waals surface area contributed by atoms with Crippen LogP contribution in [0, 0.1) is 5.92 Å². The number of hydrogen-bond donors (Lipinski definition) is 0. The first-order valence-corrected chi connectivity index (χ1v) is 4.68. The summed E-state index contributed by atoms with van der Waals surface area (Å²) in [5, 5.41) is 1.05. The van der Waals surface area contributed by atoms with E-state index in [1.54, 1.807) is 0 Å². The third-order valence-corrected chi connectivity index (χ3v) is 2.77. The van der Waals surface area contributed by atoms with Gasteiger partial charge in [-0.05, 0) is 25.7 Å². The van der Waals surface area contributed by atoms with Crippen molar-refractivity contribution in [3.8, 4) is 0 Å². The van der Waals surface area contributed by atoms with E-state index in [9.17, 15) is 0 Å². The predicted molar refractivity (Wildman–Crippen MR) is 44.9 cm³/mol. The molecule has 0 heterocycles. The zero-order chi connectivity index (χ0) is 6.69. The standard InChI is InChI=1S/C8H13Br/c1-7(6-9)5-8-3-2-4-8/h5,8H,2-4,6H2,1H3. The second kappa shape index (κ2) is 3.40. The first-order valence-electron chi connectivity index (χ1n) is 3.56. The summed E-state index contributed by atoms with van der Waals surface area (Å²) in [5.74, 6) is 0.919. The SMILES string of the molecule is CC(=CC1CCC1)CBr. The Bertz CT molecular complexity index is 112. The molecule has 0 aliphatic heterocycles. The van der Waals surface area contributed by atoms with Crippen molar-refractivity contribution >= 4 is 15.9 Å². The molecule has 0 N–H and O–H groups in total. The Labute approximate surface area is 65.5 Å². The summed E-state index contributed by atoms with van der Waals surface area (Å²) in [6, 6.07) is 0. The zero-order valence-corrected chi connectivity index (χ0v) is 7.45. The Hall–Kier alpha value is 0.220. The molecule has 0 amide bonds. The van der Waals surface area contributed by atoms with E-state index in [1.165, 1.54) is 24.8 Å². The number of halogens is 1. The Balaban J connectivity index is 2.27. The Kier molecular flexibility index (Phi) is 2.77. The van der Waals surface area contributed by atoms with Gasteiger partial charge in [0, 0.05) is 5.33 Å². The van der Waals surface area contributed by atoms with Crippen LogP contribution in [0.25, 0.3) is 0 Å². The largest absolute Gasteiger partial charge is 0.0880 e. The van der Waals surface area contributed by atoms with Gasteiger partial charge >= 0.3 is 0 Å². The molecular formula is C8H13Br. The van der Waals surface area contributed by atoms with Crippen LogP contribution in [0.1, 0.15) is 26.2 Å². The Morgan fingerprint density at radius 2 is 2.33 bits per heavy atom. The minimum absolute atomic E-state index is 0.919. The molecule has 0 unspecified atom stereocenters. The maximum atomic E-state index is 3.43. The van der Waals surface area contributed by atoms with Crippen molar-refractivity contribution in [3.05, 3.63) is 11.6 Å². The molecule has 0 atom stereocenters. The van der Waals surface area contributed by atoms with E-state index in [1.807, 2.05) is 0 Å². The summed E-state index contributed by atoms with van der Waals surface area (Å²) in [5.41, 5.74) is 1.49. The van der Waals surface area contributed by atoms with Crippen LogP contribution in [-0.4, -0.2) is 5.33 Å². The molecule has 1 rings (SSSR count). The van der Waals surface area contributed by atoms with Crippen molar-refractivity contribution in [3.63, 3.8) is 0 Å². The molecule has 9 heavy (non-hydrogen) atoms. The highest BCUT2D eigenvalue weighted by Crippen LogP contribution is 2.28. The molecule has 0 aromatic rings. The minimum Gasteiger partial charge on any atom is -0.0880 e. The van der Waals surface area contributed by atoms with E-state index in [0.717, 1.165) is 11.2 Å². The molecular weight excluding hydrogens is 176 g/mol. The minimum atomic E-state index is 0.919. The summed E-state index contributed by atoms with van der Waals surface area (Å²) in [6.45, 7) is 2.19. The van der Waals surface area contributed by atoms with Crippen molar-refractivity contribution in [2.75, 3.05) is 5.33 Å². The van der Waals surface area contributed by atoms with Gasteiger partial charge in [0.15, 0.2) is 0 Å². The van der Waals surface area contributed by atoms with E-state index < -0.39 is 0 Å². The fourth-order valence-electron chi connectivity index (χ4n) is 1.05. The first kappa shape index (κ1) is 7.33. The van der Waals surface area contributed by atoms with Crippen LogP contribution in [0.3, 0.4) is 0 Å². The highest BCUT2D eigenvalue weighted by atomic mass is 79.9. The maximum absolute atomic E-state index is 3.43. The second-order valence-corrected chi connectivity index (χ2v) is 3.40. The average Bonchev–Trinajstić information content (AvgIpc) is 1.78. The lowest BCUT2D eigenvalue weighted by molar-refractivity contribution is 0.386. The Morgan fingerprint density at radius 3 is 2.67 bits per heavy atom. The molecule has 0 aromatic carbocycles. The van der Waals surface area contributed by atoms with Crippen LogP contribution < -0.4 is 0 Å². The first-order chi connectivity index (χ1) is 4.33. The van der Waals surface area contributed by atoms with Crippen LogP contribution in [0.4, 0.5) is 0 Å². The lowest BCUT2D eigenvalue weighted by atomic mass is 9.84. The molecule has 1 aliphatic rings. The lowest BCUT2D eigenvalue weighted by Crippen LogP contribution is -2.07. The van der Waals surface area contributed by atoms with Gasteiger partial charge in [-0.2, -0.15) is 0 Å². The molecule has 52 valence electrons. The number of hydrogen-bond acceptors (Lipinski definition) is 0. The maximum Gasteiger partial charge on any atom is 0.0239 e. The van der Waals surface area contributed by atoms with E-state index in [-0.39, 0.29) is 0 Å². The van der Waals surface area contributed by atoms with Crippen molar-refractivity contribution in [1.29, 1.82) is 0 Å². The van der Waals surface area contributed by atoms with Gasteiger partial charge in [0.2, 0.25) is 0 Å². The molecule has 0 nitrogen and oxygen atoms in total. The summed E-state index contributed by atoms with van der Waals surface area (Å²) in [4.78, 5) is 0. The smallest absolute Gasteiger partial charge is 0.0239 e. The number of alkyl halides is 1. The average molecular weight is 189 g/mol. The van der Waals surface area contributed by atoms with Crippen LogP contribution in [0.5, 0.6) is 0 Å². The highest BCUT2D eigenvalue weighted by Gasteiger charge is 2.13. The molecule has 0 radical (unpaired) electrons. The van der Waals surface area contributed by atoms with Gasteiger partial charge in [-0.15, -0.1) is 0 Å². The lowest BCUT2D eigenvalue weighted by Gasteiger charge is -2.22. The molecule has 1 heteroatoms. The molecule has 1 saturated carbocycles. The second-order valence-electron chi connectivity index (χ2n) is 2.84. The van der Waals surface area contributed by atoms with Crippen LogP contribution in [0.2, 0.25) is 0 Å². The van der Waals surface area contributed by atoms with Crippen molar-refractivity contribution < 1.29 is 0 Å². The van der Waals surface area contributed by atoms with Gasteiger partial charge in [0.1, 0.15) is 0 Å². The number of rotatable bonds is 2. The summed E-state index contributed by atoms with van der Waals surface area (Å²) in [7, 11) is 0. The summed E-state index contributed by atoms with van der Waals surface area (Å²) >= 11 is 3.43. The molecule has 0 bridgehead atoms. The van der Waals surface area contributed by atoms with Gasteiger partial charge in [-0.25, -0.2) is 0 Å². The third kappa shape index (κ3) is 2.13. The third-order valence-electron chi connectivity index (χ3n) is 1.88. The summed E-state index contributed by atoms with van der Waals surface area (Å²) < 4.78 is 0. The monoisotopic (exact) mass is 188 g/mol. The normalized spacial score (nSPS) is 21.8.